The van der Waals surface area contributed by atoms with Crippen LogP contribution in [-0.4, -0.2) is 233 Å². The van der Waals surface area contributed by atoms with Crippen LogP contribution in [0.1, 0.15) is 237 Å². The first-order valence-corrected chi connectivity index (χ1v) is 49.0. The lowest BCUT2D eigenvalue weighted by Gasteiger charge is -2.26. The first-order chi connectivity index (χ1) is 61.6. The van der Waals surface area contributed by atoms with Crippen LogP contribution >= 0.6 is 0 Å². The number of morpholine rings is 1. The van der Waals surface area contributed by atoms with Crippen LogP contribution in [-0.2, 0) is 56.6 Å². The molecule has 2 fully saturated rings. The monoisotopic (exact) mass is 1840 g/mol. The maximum absolute atomic E-state index is 13.7. The van der Waals surface area contributed by atoms with E-state index in [0.717, 1.165) is 114 Å². The van der Waals surface area contributed by atoms with E-state index in [9.17, 15) is 8.78 Å². The summed E-state index contributed by atoms with van der Waals surface area (Å²) in [6, 6.07) is 63.0. The molecule has 0 radical (unpaired) electrons. The van der Waals surface area contributed by atoms with E-state index in [-0.39, 0.29) is 55.9 Å². The van der Waals surface area contributed by atoms with Gasteiger partial charge in [-0.05, 0) is 438 Å². The van der Waals surface area contributed by atoms with Gasteiger partial charge in [0, 0.05) is 166 Å². The minimum Gasteiger partial charge on any atom is -0.380 e. The second-order valence-electron chi connectivity index (χ2n) is 45.6. The molecule has 2 heterocycles. The van der Waals surface area contributed by atoms with Crippen LogP contribution in [0.15, 0.2) is 182 Å². The van der Waals surface area contributed by atoms with Crippen LogP contribution in [0, 0.1) is 11.6 Å². The van der Waals surface area contributed by atoms with Crippen molar-refractivity contribution in [2.24, 2.45) is 0 Å². The van der Waals surface area contributed by atoms with Crippen LogP contribution < -0.4 is 42.5 Å². The Morgan fingerprint density at radius 1 is 0.271 bits per heavy atom. The van der Waals surface area contributed by atoms with Crippen molar-refractivity contribution in [3.05, 3.63) is 238 Å². The number of nitrogens with one attached hydrogen (secondary N) is 8. The van der Waals surface area contributed by atoms with Gasteiger partial charge in [0.1, 0.15) is 11.6 Å². The lowest BCUT2D eigenvalue weighted by molar-refractivity contribution is 0.0384. The normalized spacial score (nSPS) is 13.4. The van der Waals surface area contributed by atoms with Crippen molar-refractivity contribution in [2.45, 2.75) is 289 Å². The highest BCUT2D eigenvalue weighted by Gasteiger charge is 2.19. The molecule has 0 atom stereocenters. The van der Waals surface area contributed by atoms with Gasteiger partial charge in [-0.3, -0.25) is 4.90 Å². The van der Waals surface area contributed by atoms with E-state index in [0.29, 0.717) is 13.1 Å². The molecule has 10 rings (SSSR count). The van der Waals surface area contributed by atoms with Crippen molar-refractivity contribution >= 4 is 45.5 Å². The third-order valence-corrected chi connectivity index (χ3v) is 20.1. The molecular weight excluding hydrogens is 1650 g/mol. The zero-order chi connectivity index (χ0) is 100. The fourth-order valence-electron chi connectivity index (χ4n) is 14.4. The van der Waals surface area contributed by atoms with E-state index in [1.807, 2.05) is 56.2 Å². The van der Waals surface area contributed by atoms with Gasteiger partial charge in [0.15, 0.2) is 0 Å². The van der Waals surface area contributed by atoms with E-state index in [1.165, 1.54) is 112 Å². The average molecular weight is 1840 g/mol. The van der Waals surface area contributed by atoms with E-state index in [1.54, 1.807) is 12.1 Å². The molecule has 8 N–H and O–H groups in total. The summed E-state index contributed by atoms with van der Waals surface area (Å²) in [7, 11) is 20.3. The number of nitrogens with zero attached hydrogens (tertiary/aromatic N) is 8. The Morgan fingerprint density at radius 3 is 0.887 bits per heavy atom. The highest BCUT2D eigenvalue weighted by molar-refractivity contribution is 5.53. The summed E-state index contributed by atoms with van der Waals surface area (Å²) < 4.78 is 32.6. The third kappa shape index (κ3) is 61.4. The molecule has 8 aromatic carbocycles. The predicted octanol–water partition coefficient (Wildman–Crippen LogP) is 25.2. The maximum Gasteiger partial charge on any atom is 0.129 e. The lowest BCUT2D eigenvalue weighted by Crippen LogP contribution is -2.37. The Hall–Kier alpha value is -8.34. The zero-order valence-corrected chi connectivity index (χ0v) is 90.6. The quantitative estimate of drug-likeness (QED) is 0.0217. The van der Waals surface area contributed by atoms with Gasteiger partial charge in [-0.2, -0.15) is 0 Å². The molecule has 19 heteroatoms. The molecule has 2 aliphatic heterocycles. The second-order valence-corrected chi connectivity index (χ2v) is 45.6. The molecule has 2 aliphatic rings. The fraction of sp³-hybridized carbons (Fsp3) is 0.579. The molecule has 0 saturated carbocycles. The largest absolute Gasteiger partial charge is 0.380 e. The summed E-state index contributed by atoms with van der Waals surface area (Å²) in [5.74, 6) is -0.295. The van der Waals surface area contributed by atoms with Crippen molar-refractivity contribution in [1.29, 1.82) is 0 Å². The average Bonchev–Trinajstić information content (AvgIpc) is 1.31. The summed E-state index contributed by atoms with van der Waals surface area (Å²) in [6.45, 7) is 72.7. The standard InChI is InChI=1S/C16H26N2O.C16H26N2.C16H28N2.C14H24N2.2C13H21FN2.2C13H22N2/c1-16(2,3)17-15-6-4-14(5-7-15)8-9-18-10-12-19-13-11-18;1-16(2,3)17-15-8-6-14(7-9-15)10-13-18-11-4-5-12-18;1-6-18(7-2)13-12-14-8-10-15(11-9-14)17-16(3,4)5;1-14(2,3)15-13-8-6-12(7-9-13)10-11-16(4)5;1-13(2,3)15-11-6-7-12(14)10(8-11)9-16(4)5;1-13(2,3)15-11-7-6-10(9-16(4)5)12(14)8-11;1-13(2,3)14-12-8-6-11(7-9-12)10-15(4)5;1-13(2,3)14-12-8-6-7-11(9-12)10-15(4)5/h4-7,17H,8-13H2,1-3H3;6-9,17H,4-5,10-13H2,1-3H3;8-11,17H,6-7,12-13H2,1-5H3;6-9,15H,10-11H2,1-5H3;2*6-8,15H,9H2,1-5H3;2*6-9,14H,10H2,1-5H3. The number of anilines is 8. The van der Waals surface area contributed by atoms with E-state index >= 15 is 0 Å². The van der Waals surface area contributed by atoms with Crippen molar-refractivity contribution in [2.75, 3.05) is 192 Å². The summed E-state index contributed by atoms with van der Waals surface area (Å²) in [4.78, 5) is 18.0. The van der Waals surface area contributed by atoms with Gasteiger partial charge in [-0.15, -0.1) is 0 Å². The van der Waals surface area contributed by atoms with Crippen LogP contribution in [0.25, 0.3) is 0 Å². The molecule has 17 nitrogen and oxygen atoms in total. The first kappa shape index (κ1) is 119. The summed E-state index contributed by atoms with van der Waals surface area (Å²) in [5, 5.41) is 27.4. The van der Waals surface area contributed by atoms with Crippen molar-refractivity contribution in [1.82, 2.24) is 39.2 Å². The van der Waals surface area contributed by atoms with E-state index in [4.69, 9.17) is 4.74 Å². The van der Waals surface area contributed by atoms with Crippen molar-refractivity contribution in [3.8, 4) is 0 Å². The Balaban J connectivity index is 0.000000392. The summed E-state index contributed by atoms with van der Waals surface area (Å²) in [5.41, 5.74) is 19.5. The Kier molecular flexibility index (Phi) is 52.1. The van der Waals surface area contributed by atoms with Gasteiger partial charge in [0.05, 0.1) is 13.2 Å². The van der Waals surface area contributed by atoms with Gasteiger partial charge < -0.3 is 81.6 Å². The topological polar surface area (TPSA) is 131 Å². The number of likely N-dealkylation sites (N-methyl/N-ethyl adjacent to an activating group) is 2. The van der Waals surface area contributed by atoms with Crippen LogP contribution in [0.4, 0.5) is 54.3 Å². The highest BCUT2D eigenvalue weighted by Crippen LogP contribution is 2.26. The summed E-state index contributed by atoms with van der Waals surface area (Å²) in [6.07, 6.45) is 7.31. The number of halogens is 2. The van der Waals surface area contributed by atoms with Gasteiger partial charge in [-0.25, -0.2) is 8.78 Å². The Bertz CT molecular complexity index is 4320. The number of likely N-dealkylation sites (tertiary alicyclic amines) is 1. The number of ether oxygens (including phenoxy) is 1. The predicted molar refractivity (Wildman–Crippen MR) is 582 cm³/mol. The van der Waals surface area contributed by atoms with Gasteiger partial charge in [-0.1, -0.05) is 92.7 Å². The minimum absolute atomic E-state index is 0.00673. The number of hydrogen-bond acceptors (Lipinski definition) is 17. The number of rotatable bonds is 30. The molecule has 0 aromatic heterocycles. The first-order valence-electron chi connectivity index (χ1n) is 49.0. The van der Waals surface area contributed by atoms with Gasteiger partial charge >= 0.3 is 0 Å². The molecule has 0 amide bonds. The number of benzene rings is 8. The zero-order valence-electron chi connectivity index (χ0n) is 90.6. The molecule has 0 unspecified atom stereocenters. The smallest absolute Gasteiger partial charge is 0.129 e. The molecule has 8 aromatic rings. The molecule has 0 bridgehead atoms. The highest BCUT2D eigenvalue weighted by atomic mass is 19.1. The van der Waals surface area contributed by atoms with Crippen LogP contribution in [0.3, 0.4) is 0 Å². The van der Waals surface area contributed by atoms with Crippen LogP contribution in [0.5, 0.6) is 0 Å². The molecule has 0 spiro atoms. The third-order valence-electron chi connectivity index (χ3n) is 20.1. The van der Waals surface area contributed by atoms with E-state index < -0.39 is 0 Å². The second kappa shape index (κ2) is 58.3. The van der Waals surface area contributed by atoms with E-state index in [2.05, 4.69) is 440 Å². The molecule has 0 aliphatic carbocycles. The maximum atomic E-state index is 13.7. The molecule has 133 heavy (non-hydrogen) atoms. The molecular formula is C114H190F2N16O. The lowest BCUT2D eigenvalue weighted by atomic mass is 10.1. The minimum atomic E-state index is -0.150. The van der Waals surface area contributed by atoms with Gasteiger partial charge in [0.25, 0.3) is 0 Å². The fourth-order valence-corrected chi connectivity index (χ4v) is 14.4. The Morgan fingerprint density at radius 2 is 0.556 bits per heavy atom. The van der Waals surface area contributed by atoms with Crippen LogP contribution in [0.2, 0.25) is 0 Å². The van der Waals surface area contributed by atoms with Crippen molar-refractivity contribution in [3.63, 3.8) is 0 Å². The summed E-state index contributed by atoms with van der Waals surface area (Å²) >= 11 is 0. The molecule has 746 valence electrons. The Labute approximate surface area is 812 Å². The molecule has 2 saturated heterocycles. The van der Waals surface area contributed by atoms with Crippen molar-refractivity contribution < 1.29 is 13.5 Å². The van der Waals surface area contributed by atoms with Gasteiger partial charge in [0.2, 0.25) is 0 Å². The number of hydrogen-bond donors (Lipinski definition) is 8. The SMILES string of the molecule is CC(C)(C)Nc1ccc(CCN2CCCC2)cc1.CC(C)(C)Nc1ccc(CCN2CCOCC2)cc1.CCN(CC)CCc1ccc(NC(C)(C)C)cc1.CN(C)CCc1ccc(NC(C)(C)C)cc1.CN(C)Cc1cc(NC(C)(C)C)ccc1F.CN(C)Cc1ccc(NC(C)(C)C)cc1.CN(C)Cc1ccc(NC(C)(C)C)cc1F.CN(C)Cc1cccc(NC(C)(C)C)c1.